The second-order valence-electron chi connectivity index (χ2n) is 6.25. The number of hydrogen-bond acceptors (Lipinski definition) is 4. The molecule has 2 aromatic rings. The molecule has 3 N–H and O–H groups in total. The van der Waals surface area contributed by atoms with E-state index in [4.69, 9.17) is 0 Å². The Balaban J connectivity index is 0.00000364. The topological polar surface area (TPSA) is 69.5 Å². The molecule has 0 saturated carbocycles. The Hall–Kier alpha value is -1.19. The van der Waals surface area contributed by atoms with Gasteiger partial charge in [0.25, 0.3) is 0 Å². The fraction of sp³-hybridized carbons (Fsp3) is 0.500. The van der Waals surface area contributed by atoms with Crippen LogP contribution < -0.4 is 10.6 Å². The zero-order chi connectivity index (χ0) is 18.6. The van der Waals surface area contributed by atoms with Gasteiger partial charge in [-0.2, -0.15) is 0 Å². The van der Waals surface area contributed by atoms with E-state index >= 15 is 0 Å². The van der Waals surface area contributed by atoms with Crippen LogP contribution in [0.25, 0.3) is 10.6 Å². The van der Waals surface area contributed by atoms with Crippen LogP contribution in [0.1, 0.15) is 38.8 Å². The van der Waals surface area contributed by atoms with Crippen LogP contribution in [0.5, 0.6) is 0 Å². The molecule has 0 saturated heterocycles. The van der Waals surface area contributed by atoms with Gasteiger partial charge in [0, 0.05) is 30.6 Å². The van der Waals surface area contributed by atoms with Gasteiger partial charge in [0.05, 0.1) is 12.2 Å². The summed E-state index contributed by atoms with van der Waals surface area (Å²) in [6.07, 6.45) is 3.06. The fourth-order valence-electron chi connectivity index (χ4n) is 2.78. The molecule has 0 aliphatic heterocycles. The number of aliphatic imine (C=N–C) groups is 1. The van der Waals surface area contributed by atoms with Crippen LogP contribution in [0.2, 0.25) is 0 Å². The van der Waals surface area contributed by atoms with E-state index in [9.17, 15) is 5.11 Å². The lowest BCUT2D eigenvalue weighted by atomic mass is 10.0. The lowest BCUT2D eigenvalue weighted by Gasteiger charge is -2.18. The smallest absolute Gasteiger partial charge is 0.191 e. The molecule has 7 heteroatoms. The van der Waals surface area contributed by atoms with Gasteiger partial charge < -0.3 is 15.7 Å². The Labute approximate surface area is 183 Å². The Morgan fingerprint density at radius 3 is 2.63 bits per heavy atom. The van der Waals surface area contributed by atoms with Crippen molar-refractivity contribution in [3.8, 4) is 10.6 Å². The van der Waals surface area contributed by atoms with Gasteiger partial charge >= 0.3 is 0 Å². The fourth-order valence-corrected chi connectivity index (χ4v) is 3.59. The second kappa shape index (κ2) is 13.9. The molecule has 0 spiro atoms. The van der Waals surface area contributed by atoms with Crippen LogP contribution in [0, 0.1) is 5.92 Å². The maximum absolute atomic E-state index is 9.20. The number of halogens is 1. The third-order valence-electron chi connectivity index (χ3n) is 4.11. The van der Waals surface area contributed by atoms with E-state index in [-0.39, 0.29) is 30.6 Å². The highest BCUT2D eigenvalue weighted by molar-refractivity contribution is 14.0. The van der Waals surface area contributed by atoms with Gasteiger partial charge in [-0.05, 0) is 25.7 Å². The van der Waals surface area contributed by atoms with Crippen molar-refractivity contribution in [2.75, 3.05) is 19.7 Å². The van der Waals surface area contributed by atoms with Crippen LogP contribution in [0.3, 0.4) is 0 Å². The van der Waals surface area contributed by atoms with Crippen LogP contribution in [-0.4, -0.2) is 35.7 Å². The molecule has 1 heterocycles. The molecule has 0 fully saturated rings. The molecule has 5 nitrogen and oxygen atoms in total. The zero-order valence-electron chi connectivity index (χ0n) is 16.1. The maximum Gasteiger partial charge on any atom is 0.191 e. The molecule has 1 aromatic heterocycles. The highest BCUT2D eigenvalue weighted by atomic mass is 127. The first kappa shape index (κ1) is 23.8. The Morgan fingerprint density at radius 1 is 1.19 bits per heavy atom. The first-order chi connectivity index (χ1) is 12.8. The molecule has 0 amide bonds. The highest BCUT2D eigenvalue weighted by Crippen LogP contribution is 2.23. The van der Waals surface area contributed by atoms with Gasteiger partial charge in [-0.25, -0.2) is 9.98 Å². The average molecular weight is 502 g/mol. The SMILES string of the molecule is CCCC(CCO)CNC(=NCc1csc(-c2ccccc2)n1)NCC.I. The predicted molar refractivity (Wildman–Crippen MR) is 126 cm³/mol. The number of guanidine groups is 1. The van der Waals surface area contributed by atoms with Gasteiger partial charge in [-0.3, -0.25) is 0 Å². The maximum atomic E-state index is 9.20. The number of rotatable bonds is 10. The molecule has 0 aliphatic carbocycles. The van der Waals surface area contributed by atoms with Crippen molar-refractivity contribution in [1.29, 1.82) is 0 Å². The van der Waals surface area contributed by atoms with E-state index in [2.05, 4.69) is 52.0 Å². The minimum Gasteiger partial charge on any atom is -0.396 e. The number of hydrogen-bond donors (Lipinski definition) is 3. The van der Waals surface area contributed by atoms with E-state index in [0.717, 1.165) is 54.6 Å². The normalized spacial score (nSPS) is 12.3. The van der Waals surface area contributed by atoms with E-state index < -0.39 is 0 Å². The van der Waals surface area contributed by atoms with Crippen LogP contribution in [0.4, 0.5) is 0 Å². The number of nitrogens with one attached hydrogen (secondary N) is 2. The third kappa shape index (κ3) is 8.57. The quantitative estimate of drug-likeness (QED) is 0.258. The molecule has 1 atom stereocenters. The number of benzene rings is 1. The molecule has 150 valence electrons. The Morgan fingerprint density at radius 2 is 1.96 bits per heavy atom. The third-order valence-corrected chi connectivity index (χ3v) is 5.05. The van der Waals surface area contributed by atoms with Gasteiger partial charge in [-0.1, -0.05) is 43.7 Å². The molecule has 27 heavy (non-hydrogen) atoms. The number of thiazole rings is 1. The minimum atomic E-state index is 0. The van der Waals surface area contributed by atoms with E-state index in [1.807, 2.05) is 18.2 Å². The summed E-state index contributed by atoms with van der Waals surface area (Å²) in [6.45, 7) is 6.67. The molecule has 0 radical (unpaired) electrons. The molecule has 1 unspecified atom stereocenters. The molecular weight excluding hydrogens is 471 g/mol. The largest absolute Gasteiger partial charge is 0.396 e. The summed E-state index contributed by atoms with van der Waals surface area (Å²) in [5.41, 5.74) is 2.12. The monoisotopic (exact) mass is 502 g/mol. The summed E-state index contributed by atoms with van der Waals surface area (Å²) in [7, 11) is 0. The zero-order valence-corrected chi connectivity index (χ0v) is 19.3. The summed E-state index contributed by atoms with van der Waals surface area (Å²) < 4.78 is 0. The van der Waals surface area contributed by atoms with Crippen molar-refractivity contribution in [1.82, 2.24) is 15.6 Å². The number of nitrogens with zero attached hydrogens (tertiary/aromatic N) is 2. The Kier molecular flexibility index (Phi) is 12.3. The van der Waals surface area contributed by atoms with E-state index in [1.54, 1.807) is 11.3 Å². The predicted octanol–water partition coefficient (Wildman–Crippen LogP) is 4.28. The second-order valence-corrected chi connectivity index (χ2v) is 7.11. The van der Waals surface area contributed by atoms with Gasteiger partial charge in [0.1, 0.15) is 5.01 Å². The summed E-state index contributed by atoms with van der Waals surface area (Å²) >= 11 is 1.65. The lowest BCUT2D eigenvalue weighted by Crippen LogP contribution is -2.40. The van der Waals surface area contributed by atoms with Crippen molar-refractivity contribution in [3.05, 3.63) is 41.4 Å². The summed E-state index contributed by atoms with van der Waals surface area (Å²) in [4.78, 5) is 9.35. The first-order valence-corrected chi connectivity index (χ1v) is 10.3. The van der Waals surface area contributed by atoms with Crippen molar-refractivity contribution in [3.63, 3.8) is 0 Å². The molecule has 1 aromatic carbocycles. The van der Waals surface area contributed by atoms with Crippen LogP contribution >= 0.6 is 35.3 Å². The summed E-state index contributed by atoms with van der Waals surface area (Å²) in [5.74, 6) is 1.28. The Bertz CT molecular complexity index is 657. The van der Waals surface area contributed by atoms with E-state index in [0.29, 0.717) is 12.5 Å². The lowest BCUT2D eigenvalue weighted by molar-refractivity contribution is 0.251. The summed E-state index contributed by atoms with van der Waals surface area (Å²) in [6, 6.07) is 10.2. The highest BCUT2D eigenvalue weighted by Gasteiger charge is 2.09. The van der Waals surface area contributed by atoms with Crippen LogP contribution in [0.15, 0.2) is 40.7 Å². The number of aromatic nitrogens is 1. The minimum absolute atomic E-state index is 0. The van der Waals surface area contributed by atoms with Gasteiger partial charge in [-0.15, -0.1) is 35.3 Å². The number of aliphatic hydroxyl groups is 1. The standard InChI is InChI=1S/C20H30N4OS.HI/c1-3-8-16(11-12-25)13-22-20(21-4-2)23-14-18-15-26-19(24-18)17-9-6-5-7-10-17;/h5-7,9-10,15-16,25H,3-4,8,11-14H2,1-2H3,(H2,21,22,23);1H. The molecular formula is C20H31IN4OS. The molecule has 0 aliphatic rings. The summed E-state index contributed by atoms with van der Waals surface area (Å²) in [5, 5.41) is 19.0. The van der Waals surface area contributed by atoms with Crippen molar-refractivity contribution < 1.29 is 5.11 Å². The van der Waals surface area contributed by atoms with Crippen molar-refractivity contribution >= 4 is 41.3 Å². The van der Waals surface area contributed by atoms with Crippen LogP contribution in [-0.2, 0) is 6.54 Å². The molecule has 2 rings (SSSR count). The van der Waals surface area contributed by atoms with Crippen molar-refractivity contribution in [2.24, 2.45) is 10.9 Å². The van der Waals surface area contributed by atoms with Crippen molar-refractivity contribution in [2.45, 2.75) is 39.7 Å². The molecule has 0 bridgehead atoms. The van der Waals surface area contributed by atoms with E-state index in [1.165, 1.54) is 0 Å². The first-order valence-electron chi connectivity index (χ1n) is 9.39. The van der Waals surface area contributed by atoms with Gasteiger partial charge in [0.15, 0.2) is 5.96 Å². The van der Waals surface area contributed by atoms with Gasteiger partial charge in [0.2, 0.25) is 0 Å². The number of aliphatic hydroxyl groups excluding tert-OH is 1. The average Bonchev–Trinajstić information content (AvgIpc) is 3.14.